The number of rotatable bonds is 2. The molecule has 0 radical (unpaired) electrons. The molecule has 1 fully saturated rings. The van der Waals surface area contributed by atoms with Crippen LogP contribution in [0.4, 0.5) is 0 Å². The molecule has 1 aliphatic rings. The number of benzene rings is 1. The Kier molecular flexibility index (Phi) is 3.64. The zero-order valence-corrected chi connectivity index (χ0v) is 11.3. The molecule has 2 rings (SSSR count). The zero-order valence-electron chi connectivity index (χ0n) is 10.5. The van der Waals surface area contributed by atoms with Crippen LogP contribution in [0.15, 0.2) is 18.2 Å². The van der Waals surface area contributed by atoms with Crippen LogP contribution in [0.5, 0.6) is 5.75 Å². The number of ether oxygens (including phenoxy) is 1. The Balaban J connectivity index is 2.32. The van der Waals surface area contributed by atoms with Crippen LogP contribution in [0.1, 0.15) is 38.2 Å². The van der Waals surface area contributed by atoms with Gasteiger partial charge in [-0.15, -0.1) is 0 Å². The quantitative estimate of drug-likeness (QED) is 0.872. The standard InChI is InChI=1S/C14H20ClNO/c1-10-4-3-7-14(16,9-10)11-5-6-12(15)13(8-11)17-2/h5-6,8,10H,3-4,7,9,16H2,1-2H3. The zero-order chi connectivity index (χ0) is 12.5. The predicted octanol–water partition coefficient (Wildman–Crippen LogP) is 3.71. The summed E-state index contributed by atoms with van der Waals surface area (Å²) in [5.74, 6) is 1.41. The van der Waals surface area contributed by atoms with Gasteiger partial charge >= 0.3 is 0 Å². The summed E-state index contributed by atoms with van der Waals surface area (Å²) in [6, 6.07) is 5.90. The summed E-state index contributed by atoms with van der Waals surface area (Å²) >= 11 is 6.04. The van der Waals surface area contributed by atoms with E-state index in [0.29, 0.717) is 16.7 Å². The highest BCUT2D eigenvalue weighted by Gasteiger charge is 2.33. The van der Waals surface area contributed by atoms with Crippen LogP contribution in [0.2, 0.25) is 5.02 Å². The van der Waals surface area contributed by atoms with Crippen LogP contribution >= 0.6 is 11.6 Å². The largest absolute Gasteiger partial charge is 0.495 e. The third kappa shape index (κ3) is 2.58. The first kappa shape index (κ1) is 12.7. The van der Waals surface area contributed by atoms with Crippen molar-refractivity contribution in [1.29, 1.82) is 0 Å². The van der Waals surface area contributed by atoms with E-state index >= 15 is 0 Å². The monoisotopic (exact) mass is 253 g/mol. The van der Waals surface area contributed by atoms with Crippen LogP contribution in [-0.4, -0.2) is 7.11 Å². The van der Waals surface area contributed by atoms with E-state index in [9.17, 15) is 0 Å². The molecule has 1 aromatic rings. The molecule has 0 bridgehead atoms. The molecule has 1 aromatic carbocycles. The minimum absolute atomic E-state index is 0.213. The molecule has 0 aromatic heterocycles. The summed E-state index contributed by atoms with van der Waals surface area (Å²) in [5.41, 5.74) is 7.48. The molecule has 0 amide bonds. The second kappa shape index (κ2) is 4.87. The molecule has 0 heterocycles. The van der Waals surface area contributed by atoms with Crippen molar-refractivity contribution in [3.05, 3.63) is 28.8 Å². The Morgan fingerprint density at radius 2 is 2.24 bits per heavy atom. The van der Waals surface area contributed by atoms with E-state index in [0.717, 1.165) is 18.4 Å². The number of halogens is 1. The van der Waals surface area contributed by atoms with E-state index in [2.05, 4.69) is 6.92 Å². The first-order valence-corrected chi connectivity index (χ1v) is 6.56. The Hall–Kier alpha value is -0.730. The van der Waals surface area contributed by atoms with Crippen LogP contribution in [0.3, 0.4) is 0 Å². The minimum atomic E-state index is -0.213. The van der Waals surface area contributed by atoms with E-state index in [1.165, 1.54) is 12.8 Å². The fourth-order valence-corrected chi connectivity index (χ4v) is 3.02. The van der Waals surface area contributed by atoms with Gasteiger partial charge in [0.2, 0.25) is 0 Å². The fraction of sp³-hybridized carbons (Fsp3) is 0.571. The normalized spacial score (nSPS) is 29.1. The third-order valence-electron chi connectivity index (χ3n) is 3.76. The number of methoxy groups -OCH3 is 1. The second-order valence-electron chi connectivity index (χ2n) is 5.21. The van der Waals surface area contributed by atoms with Crippen molar-refractivity contribution in [1.82, 2.24) is 0 Å². The fourth-order valence-electron chi connectivity index (χ4n) is 2.82. The Morgan fingerprint density at radius 3 is 2.88 bits per heavy atom. The van der Waals surface area contributed by atoms with Gasteiger partial charge in [-0.25, -0.2) is 0 Å². The average molecular weight is 254 g/mol. The van der Waals surface area contributed by atoms with E-state index < -0.39 is 0 Å². The summed E-state index contributed by atoms with van der Waals surface area (Å²) in [6.07, 6.45) is 4.56. The van der Waals surface area contributed by atoms with Crippen LogP contribution in [-0.2, 0) is 5.54 Å². The first-order chi connectivity index (χ1) is 8.05. The number of hydrogen-bond donors (Lipinski definition) is 1. The van der Waals surface area contributed by atoms with E-state index in [4.69, 9.17) is 22.1 Å². The van der Waals surface area contributed by atoms with Gasteiger partial charge in [0, 0.05) is 5.54 Å². The Bertz CT molecular complexity index is 407. The van der Waals surface area contributed by atoms with Gasteiger partial charge < -0.3 is 10.5 Å². The predicted molar refractivity (Wildman–Crippen MR) is 71.5 cm³/mol. The van der Waals surface area contributed by atoms with Crippen molar-refractivity contribution >= 4 is 11.6 Å². The van der Waals surface area contributed by atoms with Crippen LogP contribution in [0.25, 0.3) is 0 Å². The van der Waals surface area contributed by atoms with Crippen molar-refractivity contribution in [2.45, 2.75) is 38.1 Å². The lowest BCUT2D eigenvalue weighted by Gasteiger charge is -2.37. The third-order valence-corrected chi connectivity index (χ3v) is 4.07. The first-order valence-electron chi connectivity index (χ1n) is 6.18. The molecular formula is C14H20ClNO. The van der Waals surface area contributed by atoms with Gasteiger partial charge in [-0.3, -0.25) is 0 Å². The lowest BCUT2D eigenvalue weighted by atomic mass is 9.73. The van der Waals surface area contributed by atoms with Crippen molar-refractivity contribution in [3.63, 3.8) is 0 Å². The van der Waals surface area contributed by atoms with Gasteiger partial charge in [0.05, 0.1) is 12.1 Å². The maximum atomic E-state index is 6.55. The van der Waals surface area contributed by atoms with Crippen LogP contribution in [0, 0.1) is 5.92 Å². The van der Waals surface area contributed by atoms with Crippen molar-refractivity contribution < 1.29 is 4.74 Å². The van der Waals surface area contributed by atoms with Crippen molar-refractivity contribution in [2.75, 3.05) is 7.11 Å². The minimum Gasteiger partial charge on any atom is -0.495 e. The van der Waals surface area contributed by atoms with E-state index in [1.807, 2.05) is 18.2 Å². The maximum absolute atomic E-state index is 6.55. The molecule has 1 aliphatic carbocycles. The van der Waals surface area contributed by atoms with Gasteiger partial charge in [-0.05, 0) is 36.5 Å². The lowest BCUT2D eigenvalue weighted by Crippen LogP contribution is -2.40. The molecule has 1 saturated carbocycles. The molecular weight excluding hydrogens is 234 g/mol. The summed E-state index contributed by atoms with van der Waals surface area (Å²) in [7, 11) is 1.64. The van der Waals surface area contributed by atoms with Gasteiger partial charge in [0.15, 0.2) is 0 Å². The van der Waals surface area contributed by atoms with E-state index in [-0.39, 0.29) is 5.54 Å². The average Bonchev–Trinajstić information content (AvgIpc) is 2.29. The molecule has 3 heteroatoms. The topological polar surface area (TPSA) is 35.2 Å². The van der Waals surface area contributed by atoms with Crippen LogP contribution < -0.4 is 10.5 Å². The molecule has 2 unspecified atom stereocenters. The molecule has 0 spiro atoms. The SMILES string of the molecule is COc1cc(C2(N)CCCC(C)C2)ccc1Cl. The molecule has 0 aliphatic heterocycles. The van der Waals surface area contributed by atoms with Gasteiger partial charge in [0.25, 0.3) is 0 Å². The molecule has 2 nitrogen and oxygen atoms in total. The summed E-state index contributed by atoms with van der Waals surface area (Å²) in [4.78, 5) is 0. The molecule has 2 N–H and O–H groups in total. The van der Waals surface area contributed by atoms with Crippen molar-refractivity contribution in [3.8, 4) is 5.75 Å². The maximum Gasteiger partial charge on any atom is 0.137 e. The summed E-state index contributed by atoms with van der Waals surface area (Å²) in [6.45, 7) is 2.27. The smallest absolute Gasteiger partial charge is 0.137 e. The number of nitrogens with two attached hydrogens (primary N) is 1. The second-order valence-corrected chi connectivity index (χ2v) is 5.61. The molecule has 0 saturated heterocycles. The summed E-state index contributed by atoms with van der Waals surface area (Å²) < 4.78 is 5.26. The van der Waals surface area contributed by atoms with Crippen molar-refractivity contribution in [2.24, 2.45) is 11.7 Å². The highest BCUT2D eigenvalue weighted by molar-refractivity contribution is 6.32. The molecule has 17 heavy (non-hydrogen) atoms. The Labute approximate surface area is 108 Å². The van der Waals surface area contributed by atoms with Gasteiger partial charge in [0.1, 0.15) is 5.75 Å². The summed E-state index contributed by atoms with van der Waals surface area (Å²) in [5, 5.41) is 0.642. The number of hydrogen-bond acceptors (Lipinski definition) is 2. The van der Waals surface area contributed by atoms with Gasteiger partial charge in [-0.1, -0.05) is 37.4 Å². The van der Waals surface area contributed by atoms with Gasteiger partial charge in [-0.2, -0.15) is 0 Å². The Morgan fingerprint density at radius 1 is 1.47 bits per heavy atom. The highest BCUT2D eigenvalue weighted by atomic mass is 35.5. The lowest BCUT2D eigenvalue weighted by molar-refractivity contribution is 0.238. The molecule has 2 atom stereocenters. The molecule has 94 valence electrons. The van der Waals surface area contributed by atoms with E-state index in [1.54, 1.807) is 7.11 Å². The highest BCUT2D eigenvalue weighted by Crippen LogP contribution is 2.39.